The normalized spacial score (nSPS) is 26.7. The molecule has 2 unspecified atom stereocenters. The van der Waals surface area contributed by atoms with Gasteiger partial charge in [-0.2, -0.15) is 0 Å². The molecule has 0 aliphatic carbocycles. The van der Waals surface area contributed by atoms with E-state index < -0.39 is 5.60 Å². The van der Waals surface area contributed by atoms with Crippen LogP contribution in [-0.2, 0) is 4.74 Å². The van der Waals surface area contributed by atoms with E-state index in [1.165, 1.54) is 0 Å². The van der Waals surface area contributed by atoms with Gasteiger partial charge in [0, 0.05) is 31.2 Å². The Morgan fingerprint density at radius 2 is 2.26 bits per heavy atom. The lowest BCUT2D eigenvalue weighted by atomic mass is 9.96. The van der Waals surface area contributed by atoms with Crippen LogP contribution in [-0.4, -0.2) is 34.9 Å². The van der Waals surface area contributed by atoms with Gasteiger partial charge in [-0.25, -0.2) is 4.98 Å². The molecule has 1 aliphatic rings. The maximum Gasteiger partial charge on any atom is 0.133 e. The molecule has 2 aromatic rings. The number of ether oxygens (including phenoxy) is 1. The number of aliphatic hydroxyl groups is 1. The van der Waals surface area contributed by atoms with Gasteiger partial charge in [0.25, 0.3) is 0 Å². The number of pyridine rings is 1. The monoisotopic (exact) mass is 258 g/mol. The average molecular weight is 258 g/mol. The van der Waals surface area contributed by atoms with Crippen LogP contribution in [0.1, 0.15) is 13.3 Å². The van der Waals surface area contributed by atoms with E-state index in [0.29, 0.717) is 19.6 Å². The number of rotatable bonds is 3. The third-order valence-corrected chi connectivity index (χ3v) is 3.90. The van der Waals surface area contributed by atoms with Gasteiger partial charge in [0.2, 0.25) is 0 Å². The Bertz CT molecular complexity index is 582. The molecule has 2 atom stereocenters. The van der Waals surface area contributed by atoms with Crippen LogP contribution in [0, 0.1) is 0 Å². The minimum atomic E-state index is -0.807. The van der Waals surface area contributed by atoms with Crippen molar-refractivity contribution in [2.75, 3.05) is 18.5 Å². The van der Waals surface area contributed by atoms with Gasteiger partial charge < -0.3 is 15.2 Å². The van der Waals surface area contributed by atoms with Gasteiger partial charge in [0.05, 0.1) is 6.10 Å². The molecule has 0 bridgehead atoms. The fourth-order valence-corrected chi connectivity index (χ4v) is 2.50. The fourth-order valence-electron chi connectivity index (χ4n) is 2.50. The van der Waals surface area contributed by atoms with Crippen molar-refractivity contribution >= 4 is 16.6 Å². The summed E-state index contributed by atoms with van der Waals surface area (Å²) in [5, 5.41) is 15.9. The van der Waals surface area contributed by atoms with E-state index >= 15 is 0 Å². The van der Waals surface area contributed by atoms with E-state index in [4.69, 9.17) is 4.74 Å². The van der Waals surface area contributed by atoms with E-state index in [-0.39, 0.29) is 6.10 Å². The van der Waals surface area contributed by atoms with Crippen molar-refractivity contribution in [1.82, 2.24) is 4.98 Å². The zero-order chi connectivity index (χ0) is 13.3. The van der Waals surface area contributed by atoms with Gasteiger partial charge in [-0.1, -0.05) is 24.3 Å². The first-order chi connectivity index (χ1) is 9.19. The zero-order valence-corrected chi connectivity index (χ0v) is 11.0. The Labute approximate surface area is 112 Å². The van der Waals surface area contributed by atoms with Crippen LogP contribution in [0.25, 0.3) is 10.8 Å². The van der Waals surface area contributed by atoms with Gasteiger partial charge in [-0.15, -0.1) is 0 Å². The fraction of sp³-hybridized carbons (Fsp3) is 0.400. The number of benzene rings is 1. The van der Waals surface area contributed by atoms with Crippen molar-refractivity contribution in [3.63, 3.8) is 0 Å². The van der Waals surface area contributed by atoms with E-state index in [0.717, 1.165) is 16.6 Å². The summed E-state index contributed by atoms with van der Waals surface area (Å²) in [5.41, 5.74) is -0.807. The minimum Gasteiger partial charge on any atom is -0.385 e. The largest absolute Gasteiger partial charge is 0.385 e. The quantitative estimate of drug-likeness (QED) is 0.886. The lowest BCUT2D eigenvalue weighted by Crippen LogP contribution is -2.43. The van der Waals surface area contributed by atoms with Gasteiger partial charge in [0.15, 0.2) is 0 Å². The van der Waals surface area contributed by atoms with Crippen LogP contribution < -0.4 is 5.32 Å². The molecule has 1 saturated heterocycles. The molecule has 0 spiro atoms. The van der Waals surface area contributed by atoms with Crippen LogP contribution in [0.4, 0.5) is 5.82 Å². The zero-order valence-electron chi connectivity index (χ0n) is 11.0. The molecule has 100 valence electrons. The van der Waals surface area contributed by atoms with Gasteiger partial charge >= 0.3 is 0 Å². The first-order valence-corrected chi connectivity index (χ1v) is 6.61. The lowest BCUT2D eigenvalue weighted by molar-refractivity contribution is -0.0176. The molecular formula is C15H18N2O2. The maximum atomic E-state index is 10.5. The second-order valence-electron chi connectivity index (χ2n) is 5.10. The van der Waals surface area contributed by atoms with E-state index in [1.807, 2.05) is 31.2 Å². The Morgan fingerprint density at radius 1 is 1.42 bits per heavy atom. The van der Waals surface area contributed by atoms with E-state index in [9.17, 15) is 5.11 Å². The Balaban J connectivity index is 1.82. The number of aromatic nitrogens is 1. The summed E-state index contributed by atoms with van der Waals surface area (Å²) in [7, 11) is 0. The molecule has 4 heteroatoms. The summed E-state index contributed by atoms with van der Waals surface area (Å²) in [5.74, 6) is 0.811. The minimum absolute atomic E-state index is 0.144. The molecule has 1 aromatic heterocycles. The second kappa shape index (κ2) is 4.79. The summed E-state index contributed by atoms with van der Waals surface area (Å²) < 4.78 is 5.43. The van der Waals surface area contributed by atoms with Gasteiger partial charge in [-0.05, 0) is 18.4 Å². The Kier molecular flexibility index (Phi) is 3.12. The second-order valence-corrected chi connectivity index (χ2v) is 5.10. The summed E-state index contributed by atoms with van der Waals surface area (Å²) in [6.45, 7) is 2.97. The van der Waals surface area contributed by atoms with Crippen molar-refractivity contribution in [3.05, 3.63) is 36.5 Å². The third kappa shape index (κ3) is 2.29. The number of fused-ring (bicyclic) bond motifs is 1. The summed E-state index contributed by atoms with van der Waals surface area (Å²) in [4.78, 5) is 4.36. The van der Waals surface area contributed by atoms with Crippen LogP contribution in [0.15, 0.2) is 36.5 Å². The maximum absolute atomic E-state index is 10.5. The smallest absolute Gasteiger partial charge is 0.133 e. The molecular weight excluding hydrogens is 240 g/mol. The standard InChI is InChI=1S/C15H18N2O2/c1-11-15(18,7-9-19-11)10-17-14-13-5-3-2-4-12(13)6-8-16-14/h2-6,8,11,18H,7,9-10H2,1H3,(H,16,17). The molecule has 19 heavy (non-hydrogen) atoms. The third-order valence-electron chi connectivity index (χ3n) is 3.90. The predicted molar refractivity (Wildman–Crippen MR) is 75.2 cm³/mol. The molecule has 0 saturated carbocycles. The molecule has 1 fully saturated rings. The van der Waals surface area contributed by atoms with Crippen molar-refractivity contribution in [3.8, 4) is 0 Å². The molecule has 2 heterocycles. The van der Waals surface area contributed by atoms with Crippen LogP contribution in [0.3, 0.4) is 0 Å². The summed E-state index contributed by atoms with van der Waals surface area (Å²) >= 11 is 0. The van der Waals surface area contributed by atoms with Crippen LogP contribution in [0.5, 0.6) is 0 Å². The van der Waals surface area contributed by atoms with Crippen molar-refractivity contribution in [2.45, 2.75) is 25.0 Å². The van der Waals surface area contributed by atoms with E-state index in [2.05, 4.69) is 16.4 Å². The first-order valence-electron chi connectivity index (χ1n) is 6.61. The summed E-state index contributed by atoms with van der Waals surface area (Å²) in [6.07, 6.45) is 2.30. The highest BCUT2D eigenvalue weighted by Crippen LogP contribution is 2.27. The van der Waals surface area contributed by atoms with Crippen molar-refractivity contribution in [2.24, 2.45) is 0 Å². The van der Waals surface area contributed by atoms with Crippen molar-refractivity contribution < 1.29 is 9.84 Å². The molecule has 4 nitrogen and oxygen atoms in total. The molecule has 2 N–H and O–H groups in total. The highest BCUT2D eigenvalue weighted by Gasteiger charge is 2.39. The average Bonchev–Trinajstić information content (AvgIpc) is 2.77. The van der Waals surface area contributed by atoms with Crippen LogP contribution >= 0.6 is 0 Å². The number of anilines is 1. The Hall–Kier alpha value is -1.65. The van der Waals surface area contributed by atoms with E-state index in [1.54, 1.807) is 6.20 Å². The predicted octanol–water partition coefficient (Wildman–Crippen LogP) is 2.19. The number of nitrogens with zero attached hydrogens (tertiary/aromatic N) is 1. The number of nitrogens with one attached hydrogen (secondary N) is 1. The number of hydrogen-bond donors (Lipinski definition) is 2. The lowest BCUT2D eigenvalue weighted by Gasteiger charge is -2.26. The molecule has 1 aliphatic heterocycles. The topological polar surface area (TPSA) is 54.4 Å². The van der Waals surface area contributed by atoms with Crippen LogP contribution in [0.2, 0.25) is 0 Å². The Morgan fingerprint density at radius 3 is 3.05 bits per heavy atom. The molecule has 0 radical (unpaired) electrons. The highest BCUT2D eigenvalue weighted by molar-refractivity contribution is 5.91. The summed E-state index contributed by atoms with van der Waals surface area (Å²) in [6, 6.07) is 10.1. The highest BCUT2D eigenvalue weighted by atomic mass is 16.5. The molecule has 1 aromatic carbocycles. The number of hydrogen-bond acceptors (Lipinski definition) is 4. The first kappa shape index (κ1) is 12.4. The van der Waals surface area contributed by atoms with Gasteiger partial charge in [-0.3, -0.25) is 0 Å². The molecule has 3 rings (SSSR count). The van der Waals surface area contributed by atoms with Crippen molar-refractivity contribution in [1.29, 1.82) is 0 Å². The van der Waals surface area contributed by atoms with Gasteiger partial charge in [0.1, 0.15) is 11.4 Å². The SMILES string of the molecule is CC1OCCC1(O)CNc1nccc2ccccc12. The molecule has 0 amide bonds.